The van der Waals surface area contributed by atoms with Gasteiger partial charge in [-0.15, -0.1) is 0 Å². The fourth-order valence-electron chi connectivity index (χ4n) is 1.52. The molecule has 0 radical (unpaired) electrons. The van der Waals surface area contributed by atoms with E-state index in [-0.39, 0.29) is 5.82 Å². The van der Waals surface area contributed by atoms with E-state index in [9.17, 15) is 9.50 Å². The maximum atomic E-state index is 13.4. The predicted molar refractivity (Wildman–Crippen MR) is 49.0 cm³/mol. The zero-order valence-electron chi connectivity index (χ0n) is 7.68. The molecule has 0 bridgehead atoms. The predicted octanol–water partition coefficient (Wildman–Crippen LogP) is 2.20. The van der Waals surface area contributed by atoms with Gasteiger partial charge in [0, 0.05) is 6.42 Å². The van der Waals surface area contributed by atoms with Crippen LogP contribution >= 0.6 is 0 Å². The quantitative estimate of drug-likeness (QED) is 0.739. The highest BCUT2D eigenvalue weighted by Crippen LogP contribution is 2.38. The van der Waals surface area contributed by atoms with E-state index >= 15 is 0 Å². The first-order valence-corrected chi connectivity index (χ1v) is 4.57. The number of halogens is 1. The van der Waals surface area contributed by atoms with Crippen molar-refractivity contribution in [3.63, 3.8) is 0 Å². The van der Waals surface area contributed by atoms with Gasteiger partial charge in [0.05, 0.1) is 5.60 Å². The van der Waals surface area contributed by atoms with Crippen molar-refractivity contribution in [2.45, 2.75) is 31.8 Å². The largest absolute Gasteiger partial charge is 0.390 e. The van der Waals surface area contributed by atoms with Crippen molar-refractivity contribution in [1.29, 1.82) is 0 Å². The second-order valence-corrected chi connectivity index (χ2v) is 3.95. The third-order valence-electron chi connectivity index (χ3n) is 2.62. The summed E-state index contributed by atoms with van der Waals surface area (Å²) in [6.07, 6.45) is 2.07. The van der Waals surface area contributed by atoms with Crippen LogP contribution in [0.15, 0.2) is 18.2 Å². The van der Waals surface area contributed by atoms with Gasteiger partial charge in [0.2, 0.25) is 0 Å². The minimum Gasteiger partial charge on any atom is -0.390 e. The van der Waals surface area contributed by atoms with E-state index in [1.807, 2.05) is 6.07 Å². The fraction of sp³-hybridized carbons (Fsp3) is 0.455. The first-order valence-electron chi connectivity index (χ1n) is 4.57. The third kappa shape index (κ3) is 1.73. The highest BCUT2D eigenvalue weighted by atomic mass is 19.1. The summed E-state index contributed by atoms with van der Waals surface area (Å²) in [5, 5.41) is 9.63. The van der Waals surface area contributed by atoms with Gasteiger partial charge in [-0.2, -0.15) is 0 Å². The average molecular weight is 180 g/mol. The van der Waals surface area contributed by atoms with E-state index in [1.165, 1.54) is 0 Å². The van der Waals surface area contributed by atoms with E-state index in [1.54, 1.807) is 19.1 Å². The standard InChI is InChI=1S/C11H13FO/c1-8-3-2-4-9(10(8)12)7-11(13)5-6-11/h2-4,13H,5-7H2,1H3. The van der Waals surface area contributed by atoms with Crippen LogP contribution in [0.25, 0.3) is 0 Å². The molecule has 1 N–H and O–H groups in total. The first kappa shape index (κ1) is 8.70. The Kier molecular flexibility index (Phi) is 1.88. The smallest absolute Gasteiger partial charge is 0.129 e. The molecule has 0 unspecified atom stereocenters. The third-order valence-corrected chi connectivity index (χ3v) is 2.62. The van der Waals surface area contributed by atoms with Crippen LogP contribution in [-0.2, 0) is 6.42 Å². The molecule has 70 valence electrons. The Labute approximate surface area is 77.2 Å². The SMILES string of the molecule is Cc1cccc(CC2(O)CC2)c1F. The molecule has 1 aliphatic carbocycles. The molecule has 1 nitrogen and oxygen atoms in total. The molecule has 0 amide bonds. The number of hydrogen-bond donors (Lipinski definition) is 1. The van der Waals surface area contributed by atoms with Gasteiger partial charge in [-0.05, 0) is 30.9 Å². The second kappa shape index (κ2) is 2.81. The maximum absolute atomic E-state index is 13.4. The second-order valence-electron chi connectivity index (χ2n) is 3.95. The summed E-state index contributed by atoms with van der Waals surface area (Å²) in [5.74, 6) is -0.164. The summed E-state index contributed by atoms with van der Waals surface area (Å²) in [4.78, 5) is 0. The lowest BCUT2D eigenvalue weighted by molar-refractivity contribution is 0.149. The summed E-state index contributed by atoms with van der Waals surface area (Å²) >= 11 is 0. The average Bonchev–Trinajstić information content (AvgIpc) is 2.78. The zero-order chi connectivity index (χ0) is 9.47. The van der Waals surface area contributed by atoms with Crippen molar-refractivity contribution in [2.75, 3.05) is 0 Å². The molecule has 0 heterocycles. The Morgan fingerprint density at radius 1 is 1.46 bits per heavy atom. The van der Waals surface area contributed by atoms with Crippen molar-refractivity contribution < 1.29 is 9.50 Å². The highest BCUT2D eigenvalue weighted by molar-refractivity contribution is 5.27. The minimum absolute atomic E-state index is 0.164. The number of hydrogen-bond acceptors (Lipinski definition) is 1. The molecule has 0 saturated heterocycles. The van der Waals surface area contributed by atoms with Crippen LogP contribution < -0.4 is 0 Å². The van der Waals surface area contributed by atoms with E-state index in [4.69, 9.17) is 0 Å². The molecule has 2 rings (SSSR count). The van der Waals surface area contributed by atoms with E-state index in [2.05, 4.69) is 0 Å². The molecule has 1 aromatic carbocycles. The minimum atomic E-state index is -0.603. The van der Waals surface area contributed by atoms with Gasteiger partial charge in [0.15, 0.2) is 0 Å². The number of aliphatic hydroxyl groups is 1. The Bertz CT molecular complexity index is 329. The van der Waals surface area contributed by atoms with Gasteiger partial charge in [-0.3, -0.25) is 0 Å². The van der Waals surface area contributed by atoms with E-state index in [0.29, 0.717) is 17.5 Å². The summed E-state index contributed by atoms with van der Waals surface area (Å²) in [6.45, 7) is 1.75. The van der Waals surface area contributed by atoms with Crippen molar-refractivity contribution in [3.05, 3.63) is 35.1 Å². The lowest BCUT2D eigenvalue weighted by Gasteiger charge is -2.09. The van der Waals surface area contributed by atoms with Crippen molar-refractivity contribution in [2.24, 2.45) is 0 Å². The molecular weight excluding hydrogens is 167 g/mol. The van der Waals surface area contributed by atoms with Gasteiger partial charge in [-0.25, -0.2) is 4.39 Å². The number of rotatable bonds is 2. The van der Waals surface area contributed by atoms with Gasteiger partial charge < -0.3 is 5.11 Å². The van der Waals surface area contributed by atoms with Crippen LogP contribution in [0.1, 0.15) is 24.0 Å². The Balaban J connectivity index is 2.25. The molecule has 0 atom stereocenters. The molecule has 2 heteroatoms. The first-order chi connectivity index (χ1) is 6.11. The Hall–Kier alpha value is -0.890. The maximum Gasteiger partial charge on any atom is 0.129 e. The van der Waals surface area contributed by atoms with Crippen LogP contribution in [0.2, 0.25) is 0 Å². The van der Waals surface area contributed by atoms with Crippen LogP contribution in [0.3, 0.4) is 0 Å². The van der Waals surface area contributed by atoms with Gasteiger partial charge in [-0.1, -0.05) is 18.2 Å². The van der Waals surface area contributed by atoms with Gasteiger partial charge >= 0.3 is 0 Å². The fourth-order valence-corrected chi connectivity index (χ4v) is 1.52. The molecule has 1 fully saturated rings. The van der Waals surface area contributed by atoms with Crippen LogP contribution in [0.5, 0.6) is 0 Å². The Morgan fingerprint density at radius 3 is 2.77 bits per heavy atom. The van der Waals surface area contributed by atoms with Gasteiger partial charge in [0.1, 0.15) is 5.82 Å². The summed E-state index contributed by atoms with van der Waals surface area (Å²) in [5.41, 5.74) is 0.691. The molecule has 13 heavy (non-hydrogen) atoms. The van der Waals surface area contributed by atoms with Crippen LogP contribution in [0.4, 0.5) is 4.39 Å². The van der Waals surface area contributed by atoms with Crippen molar-refractivity contribution >= 4 is 0 Å². The molecule has 0 aromatic heterocycles. The summed E-state index contributed by atoms with van der Waals surface area (Å²) in [7, 11) is 0. The molecule has 0 aliphatic heterocycles. The normalized spacial score (nSPS) is 18.7. The lowest BCUT2D eigenvalue weighted by atomic mass is 10.0. The lowest BCUT2D eigenvalue weighted by Crippen LogP contribution is -2.12. The number of benzene rings is 1. The van der Waals surface area contributed by atoms with Crippen LogP contribution in [-0.4, -0.2) is 10.7 Å². The summed E-state index contributed by atoms with van der Waals surface area (Å²) < 4.78 is 13.4. The monoisotopic (exact) mass is 180 g/mol. The van der Waals surface area contributed by atoms with Crippen molar-refractivity contribution in [1.82, 2.24) is 0 Å². The van der Waals surface area contributed by atoms with E-state index < -0.39 is 5.60 Å². The molecule has 0 spiro atoms. The molecule has 1 aromatic rings. The van der Waals surface area contributed by atoms with E-state index in [0.717, 1.165) is 12.8 Å². The van der Waals surface area contributed by atoms with Gasteiger partial charge in [0.25, 0.3) is 0 Å². The Morgan fingerprint density at radius 2 is 2.15 bits per heavy atom. The summed E-state index contributed by atoms with van der Waals surface area (Å²) in [6, 6.07) is 5.33. The van der Waals surface area contributed by atoms with Crippen molar-refractivity contribution in [3.8, 4) is 0 Å². The highest BCUT2D eigenvalue weighted by Gasteiger charge is 2.40. The van der Waals surface area contributed by atoms with Crippen LogP contribution in [0, 0.1) is 12.7 Å². The molecule has 1 aliphatic rings. The topological polar surface area (TPSA) is 20.2 Å². The molecule has 1 saturated carbocycles. The zero-order valence-corrected chi connectivity index (χ0v) is 7.68. The number of aryl methyl sites for hydroxylation is 1. The molecular formula is C11H13FO.